The lowest BCUT2D eigenvalue weighted by molar-refractivity contribution is 0.206. The van der Waals surface area contributed by atoms with Crippen LogP contribution in [0, 0.1) is 0 Å². The molecule has 7 heteroatoms. The molecule has 2 amide bonds. The molecule has 0 saturated carbocycles. The molecule has 0 aliphatic carbocycles. The van der Waals surface area contributed by atoms with Crippen molar-refractivity contribution in [3.63, 3.8) is 0 Å². The number of aromatic nitrogens is 2. The summed E-state index contributed by atoms with van der Waals surface area (Å²) in [6.45, 7) is 1.23. The number of carbonyl (C=O) groups excluding carboxylic acids is 1. The summed E-state index contributed by atoms with van der Waals surface area (Å²) in [6.07, 6.45) is 2.11. The predicted octanol–water partition coefficient (Wildman–Crippen LogP) is 3.34. The average Bonchev–Trinajstić information content (AvgIpc) is 3.22. The van der Waals surface area contributed by atoms with Crippen LogP contribution in [0.4, 0.5) is 10.5 Å². The first kappa shape index (κ1) is 16.1. The molecule has 0 saturated heterocycles. The summed E-state index contributed by atoms with van der Waals surface area (Å²) in [7, 11) is 1.64. The number of hydrogen-bond acceptors (Lipinski definition) is 5. The number of hydrogen-bond donors (Lipinski definition) is 1. The van der Waals surface area contributed by atoms with E-state index in [0.717, 1.165) is 23.3 Å². The number of ether oxygens (including phenoxy) is 1. The highest BCUT2D eigenvalue weighted by Crippen LogP contribution is 2.25. The van der Waals surface area contributed by atoms with Crippen LogP contribution in [-0.4, -0.2) is 34.8 Å². The molecule has 132 valence electrons. The summed E-state index contributed by atoms with van der Waals surface area (Å²) >= 11 is 0. The SMILES string of the molecule is COc1ccc2c(c1)CN(C(=O)Nc1cccc(-c3nnco3)c1)CC2. The normalized spacial score (nSPS) is 13.2. The fourth-order valence-electron chi connectivity index (χ4n) is 3.07. The Morgan fingerprint density at radius 1 is 1.23 bits per heavy atom. The van der Waals surface area contributed by atoms with Gasteiger partial charge in [-0.05, 0) is 47.9 Å². The van der Waals surface area contributed by atoms with Crippen LogP contribution in [0.25, 0.3) is 11.5 Å². The van der Waals surface area contributed by atoms with Gasteiger partial charge >= 0.3 is 6.03 Å². The quantitative estimate of drug-likeness (QED) is 0.784. The number of urea groups is 1. The van der Waals surface area contributed by atoms with Gasteiger partial charge in [-0.25, -0.2) is 4.79 Å². The lowest BCUT2D eigenvalue weighted by atomic mass is 10.00. The lowest BCUT2D eigenvalue weighted by Crippen LogP contribution is -2.38. The maximum absolute atomic E-state index is 12.7. The van der Waals surface area contributed by atoms with Crippen LogP contribution >= 0.6 is 0 Å². The highest BCUT2D eigenvalue weighted by atomic mass is 16.5. The second-order valence-corrected chi connectivity index (χ2v) is 6.06. The molecule has 7 nitrogen and oxygen atoms in total. The van der Waals surface area contributed by atoms with Gasteiger partial charge in [-0.3, -0.25) is 0 Å². The predicted molar refractivity (Wildman–Crippen MR) is 95.9 cm³/mol. The van der Waals surface area contributed by atoms with Crippen LogP contribution in [0.3, 0.4) is 0 Å². The number of rotatable bonds is 3. The summed E-state index contributed by atoms with van der Waals surface area (Å²) in [5, 5.41) is 10.5. The number of anilines is 1. The number of nitrogens with one attached hydrogen (secondary N) is 1. The molecule has 1 aliphatic heterocycles. The van der Waals surface area contributed by atoms with Gasteiger partial charge in [0.25, 0.3) is 0 Å². The zero-order valence-electron chi connectivity index (χ0n) is 14.3. The second kappa shape index (κ2) is 6.87. The fourth-order valence-corrected chi connectivity index (χ4v) is 3.07. The molecule has 1 aliphatic rings. The van der Waals surface area contributed by atoms with Crippen LogP contribution in [0.2, 0.25) is 0 Å². The summed E-state index contributed by atoms with van der Waals surface area (Å²) < 4.78 is 10.5. The van der Waals surface area contributed by atoms with Crippen molar-refractivity contribution in [2.45, 2.75) is 13.0 Å². The lowest BCUT2D eigenvalue weighted by Gasteiger charge is -2.29. The van der Waals surface area contributed by atoms with Crippen LogP contribution in [-0.2, 0) is 13.0 Å². The van der Waals surface area contributed by atoms with Crippen LogP contribution in [0.1, 0.15) is 11.1 Å². The minimum atomic E-state index is -0.138. The number of benzene rings is 2. The third kappa shape index (κ3) is 3.23. The maximum atomic E-state index is 12.7. The van der Waals surface area contributed by atoms with Gasteiger partial charge in [0.05, 0.1) is 7.11 Å². The molecule has 1 N–H and O–H groups in total. The van der Waals surface area contributed by atoms with E-state index in [1.54, 1.807) is 12.0 Å². The fraction of sp³-hybridized carbons (Fsp3) is 0.211. The molecule has 0 spiro atoms. The zero-order chi connectivity index (χ0) is 17.9. The third-order valence-corrected chi connectivity index (χ3v) is 4.43. The van der Waals surface area contributed by atoms with Gasteiger partial charge in [0, 0.05) is 24.3 Å². The Labute approximate surface area is 150 Å². The van der Waals surface area contributed by atoms with E-state index in [2.05, 4.69) is 21.6 Å². The van der Waals surface area contributed by atoms with E-state index in [4.69, 9.17) is 9.15 Å². The van der Waals surface area contributed by atoms with Gasteiger partial charge in [-0.15, -0.1) is 10.2 Å². The van der Waals surface area contributed by atoms with E-state index < -0.39 is 0 Å². The minimum absolute atomic E-state index is 0.138. The molecule has 0 radical (unpaired) electrons. The van der Waals surface area contributed by atoms with Gasteiger partial charge in [0.15, 0.2) is 0 Å². The zero-order valence-corrected chi connectivity index (χ0v) is 14.3. The van der Waals surface area contributed by atoms with Gasteiger partial charge < -0.3 is 19.4 Å². The van der Waals surface area contributed by atoms with Crippen molar-refractivity contribution in [2.24, 2.45) is 0 Å². The van der Waals surface area contributed by atoms with Crippen LogP contribution in [0.5, 0.6) is 5.75 Å². The van der Waals surface area contributed by atoms with E-state index >= 15 is 0 Å². The van der Waals surface area contributed by atoms with Crippen molar-refractivity contribution < 1.29 is 13.9 Å². The molecule has 0 fully saturated rings. The second-order valence-electron chi connectivity index (χ2n) is 6.06. The first-order valence-electron chi connectivity index (χ1n) is 8.31. The molecular formula is C19H18N4O3. The van der Waals surface area contributed by atoms with Crippen molar-refractivity contribution >= 4 is 11.7 Å². The van der Waals surface area contributed by atoms with Crippen LogP contribution in [0.15, 0.2) is 53.3 Å². The molecule has 3 aromatic rings. The first-order valence-corrected chi connectivity index (χ1v) is 8.31. The number of methoxy groups -OCH3 is 1. The van der Waals surface area contributed by atoms with Crippen molar-refractivity contribution in [3.8, 4) is 17.2 Å². The molecular weight excluding hydrogens is 332 g/mol. The Morgan fingerprint density at radius 3 is 2.96 bits per heavy atom. The maximum Gasteiger partial charge on any atom is 0.322 e. The molecule has 0 atom stereocenters. The Balaban J connectivity index is 1.48. The summed E-state index contributed by atoms with van der Waals surface area (Å²) in [5.41, 5.74) is 3.81. The van der Waals surface area contributed by atoms with Gasteiger partial charge in [0.2, 0.25) is 12.3 Å². The summed E-state index contributed by atoms with van der Waals surface area (Å²) in [6, 6.07) is 13.2. The monoisotopic (exact) mass is 350 g/mol. The van der Waals surface area contributed by atoms with E-state index in [1.807, 2.05) is 36.4 Å². The van der Waals surface area contributed by atoms with Gasteiger partial charge in [-0.1, -0.05) is 12.1 Å². The third-order valence-electron chi connectivity index (χ3n) is 4.43. The van der Waals surface area contributed by atoms with E-state index in [1.165, 1.54) is 12.0 Å². The van der Waals surface area contributed by atoms with Crippen molar-refractivity contribution in [2.75, 3.05) is 19.0 Å². The standard InChI is InChI=1S/C19H18N4O3/c1-25-17-6-5-13-7-8-23(11-15(13)10-17)19(24)21-16-4-2-3-14(9-16)18-22-20-12-26-18/h2-6,9-10,12H,7-8,11H2,1H3,(H,21,24). The number of nitrogens with zero attached hydrogens (tertiary/aromatic N) is 3. The molecule has 4 rings (SSSR count). The largest absolute Gasteiger partial charge is 0.497 e. The first-order chi connectivity index (χ1) is 12.7. The summed E-state index contributed by atoms with van der Waals surface area (Å²) in [4.78, 5) is 14.5. The minimum Gasteiger partial charge on any atom is -0.497 e. The highest BCUT2D eigenvalue weighted by molar-refractivity contribution is 5.90. The number of carbonyl (C=O) groups is 1. The molecule has 2 aromatic carbocycles. The van der Waals surface area contributed by atoms with Crippen LogP contribution < -0.4 is 10.1 Å². The Bertz CT molecular complexity index is 924. The Hall–Kier alpha value is -3.35. The van der Waals surface area contributed by atoms with E-state index in [-0.39, 0.29) is 6.03 Å². The van der Waals surface area contributed by atoms with Gasteiger partial charge in [-0.2, -0.15) is 0 Å². The Morgan fingerprint density at radius 2 is 2.15 bits per heavy atom. The van der Waals surface area contributed by atoms with Gasteiger partial charge in [0.1, 0.15) is 5.75 Å². The van der Waals surface area contributed by atoms with E-state index in [9.17, 15) is 4.79 Å². The topological polar surface area (TPSA) is 80.5 Å². The molecule has 1 aromatic heterocycles. The Kier molecular flexibility index (Phi) is 4.27. The van der Waals surface area contributed by atoms with Crippen molar-refractivity contribution in [1.29, 1.82) is 0 Å². The van der Waals surface area contributed by atoms with Crippen molar-refractivity contribution in [3.05, 3.63) is 60.0 Å². The number of fused-ring (bicyclic) bond motifs is 1. The van der Waals surface area contributed by atoms with Crippen molar-refractivity contribution in [1.82, 2.24) is 15.1 Å². The molecule has 2 heterocycles. The molecule has 26 heavy (non-hydrogen) atoms. The average molecular weight is 350 g/mol. The highest BCUT2D eigenvalue weighted by Gasteiger charge is 2.21. The molecule has 0 unspecified atom stereocenters. The van der Waals surface area contributed by atoms with E-state index in [0.29, 0.717) is 24.7 Å². The number of amides is 2. The smallest absolute Gasteiger partial charge is 0.322 e. The molecule has 0 bridgehead atoms. The summed E-state index contributed by atoms with van der Waals surface area (Å²) in [5.74, 6) is 1.22.